The predicted octanol–water partition coefficient (Wildman–Crippen LogP) is 2.93. The van der Waals surface area contributed by atoms with Crippen LogP contribution >= 0.6 is 11.3 Å². The summed E-state index contributed by atoms with van der Waals surface area (Å²) in [7, 11) is 0. The molecule has 0 fully saturated rings. The number of benzene rings is 1. The van der Waals surface area contributed by atoms with Gasteiger partial charge in [-0.05, 0) is 31.0 Å². The molecule has 1 aromatic carbocycles. The maximum absolute atomic E-state index is 5.70. The molecule has 0 amide bonds. The lowest BCUT2D eigenvalue weighted by molar-refractivity contribution is 0.716. The van der Waals surface area contributed by atoms with Crippen LogP contribution in [0.25, 0.3) is 0 Å². The van der Waals surface area contributed by atoms with Crippen LogP contribution in [0.3, 0.4) is 0 Å². The summed E-state index contributed by atoms with van der Waals surface area (Å²) in [5, 5.41) is 3.19. The molecule has 0 aliphatic heterocycles. The maximum Gasteiger partial charge on any atom is 0.1000 e. The molecule has 0 radical (unpaired) electrons. The molecule has 0 saturated carbocycles. The first kappa shape index (κ1) is 11.3. The smallest absolute Gasteiger partial charge is 0.1000 e. The summed E-state index contributed by atoms with van der Waals surface area (Å²) in [5.41, 5.74) is 8.37. The quantitative estimate of drug-likeness (QED) is 0.880. The van der Waals surface area contributed by atoms with Crippen molar-refractivity contribution in [2.45, 2.75) is 19.3 Å². The van der Waals surface area contributed by atoms with E-state index in [0.29, 0.717) is 12.5 Å². The molecule has 84 valence electrons. The highest BCUT2D eigenvalue weighted by atomic mass is 32.1. The van der Waals surface area contributed by atoms with Gasteiger partial charge in [0.2, 0.25) is 0 Å². The molecule has 0 aliphatic rings. The molecular formula is C13H16N2S. The highest BCUT2D eigenvalue weighted by Crippen LogP contribution is 2.30. The fourth-order valence-corrected chi connectivity index (χ4v) is 2.75. The summed E-state index contributed by atoms with van der Waals surface area (Å²) >= 11 is 1.71. The van der Waals surface area contributed by atoms with Crippen molar-refractivity contribution in [3.05, 3.63) is 52.0 Å². The van der Waals surface area contributed by atoms with Gasteiger partial charge in [0, 0.05) is 17.5 Å². The van der Waals surface area contributed by atoms with Gasteiger partial charge in [-0.3, -0.25) is 0 Å². The predicted molar refractivity (Wildman–Crippen MR) is 68.8 cm³/mol. The zero-order chi connectivity index (χ0) is 11.4. The second kappa shape index (κ2) is 5.23. The van der Waals surface area contributed by atoms with Gasteiger partial charge in [0.15, 0.2) is 0 Å². The van der Waals surface area contributed by atoms with Crippen LogP contribution in [0, 0.1) is 6.92 Å². The van der Waals surface area contributed by atoms with E-state index < -0.39 is 0 Å². The number of aryl methyl sites for hydroxylation is 1. The van der Waals surface area contributed by atoms with Crippen molar-refractivity contribution >= 4 is 11.3 Å². The molecule has 0 saturated heterocycles. The van der Waals surface area contributed by atoms with Crippen molar-refractivity contribution in [1.82, 2.24) is 4.98 Å². The SMILES string of the molecule is Cc1ccccc1C(CCN)c1nccs1. The summed E-state index contributed by atoms with van der Waals surface area (Å²) in [4.78, 5) is 4.42. The Bertz CT molecular complexity index is 437. The molecule has 0 bridgehead atoms. The Labute approximate surface area is 100 Å². The van der Waals surface area contributed by atoms with Crippen molar-refractivity contribution in [1.29, 1.82) is 0 Å². The fraction of sp³-hybridized carbons (Fsp3) is 0.308. The van der Waals surface area contributed by atoms with E-state index in [1.165, 1.54) is 16.1 Å². The third-order valence-electron chi connectivity index (χ3n) is 2.77. The van der Waals surface area contributed by atoms with Gasteiger partial charge in [-0.25, -0.2) is 4.98 Å². The molecule has 3 heteroatoms. The molecule has 1 unspecified atom stereocenters. The molecule has 2 aromatic rings. The monoisotopic (exact) mass is 232 g/mol. The first-order valence-corrected chi connectivity index (χ1v) is 6.36. The van der Waals surface area contributed by atoms with Crippen LogP contribution in [-0.2, 0) is 0 Å². The zero-order valence-electron chi connectivity index (χ0n) is 9.39. The van der Waals surface area contributed by atoms with Crippen molar-refractivity contribution < 1.29 is 0 Å². The minimum Gasteiger partial charge on any atom is -0.330 e. The Kier molecular flexibility index (Phi) is 3.70. The van der Waals surface area contributed by atoms with Crippen LogP contribution in [0.15, 0.2) is 35.8 Å². The van der Waals surface area contributed by atoms with E-state index in [4.69, 9.17) is 5.73 Å². The molecule has 2 nitrogen and oxygen atoms in total. The molecule has 1 aromatic heterocycles. The first-order valence-electron chi connectivity index (χ1n) is 5.48. The Morgan fingerprint density at radius 2 is 2.19 bits per heavy atom. The Hall–Kier alpha value is -1.19. The number of aromatic nitrogens is 1. The Morgan fingerprint density at radius 3 is 2.81 bits per heavy atom. The lowest BCUT2D eigenvalue weighted by atomic mass is 9.92. The molecule has 0 aliphatic carbocycles. The van der Waals surface area contributed by atoms with Gasteiger partial charge < -0.3 is 5.73 Å². The van der Waals surface area contributed by atoms with Crippen molar-refractivity contribution in [2.75, 3.05) is 6.54 Å². The highest BCUT2D eigenvalue weighted by molar-refractivity contribution is 7.09. The number of nitrogens with zero attached hydrogens (tertiary/aromatic N) is 1. The maximum atomic E-state index is 5.70. The van der Waals surface area contributed by atoms with E-state index in [2.05, 4.69) is 36.2 Å². The van der Waals surface area contributed by atoms with Crippen molar-refractivity contribution in [3.63, 3.8) is 0 Å². The average Bonchev–Trinajstić information content (AvgIpc) is 2.80. The number of rotatable bonds is 4. The topological polar surface area (TPSA) is 38.9 Å². The molecule has 0 spiro atoms. The largest absolute Gasteiger partial charge is 0.330 e. The van der Waals surface area contributed by atoms with Crippen LogP contribution in [0.1, 0.15) is 28.5 Å². The summed E-state index contributed by atoms with van der Waals surface area (Å²) in [6.45, 7) is 2.84. The highest BCUT2D eigenvalue weighted by Gasteiger charge is 2.17. The van der Waals surface area contributed by atoms with Gasteiger partial charge in [0.25, 0.3) is 0 Å². The molecular weight excluding hydrogens is 216 g/mol. The molecule has 16 heavy (non-hydrogen) atoms. The first-order chi connectivity index (χ1) is 7.83. The number of hydrogen-bond acceptors (Lipinski definition) is 3. The van der Waals surface area contributed by atoms with Crippen molar-refractivity contribution in [3.8, 4) is 0 Å². The standard InChI is InChI=1S/C13H16N2S/c1-10-4-2-3-5-11(10)12(6-7-14)13-15-8-9-16-13/h2-5,8-9,12H,6-7,14H2,1H3. The van der Waals surface area contributed by atoms with E-state index in [-0.39, 0.29) is 0 Å². The van der Waals surface area contributed by atoms with E-state index in [1.807, 2.05) is 11.6 Å². The average molecular weight is 232 g/mol. The van der Waals surface area contributed by atoms with E-state index in [0.717, 1.165) is 6.42 Å². The molecule has 1 atom stereocenters. The van der Waals surface area contributed by atoms with Crippen LogP contribution in [-0.4, -0.2) is 11.5 Å². The van der Waals surface area contributed by atoms with E-state index in [1.54, 1.807) is 11.3 Å². The normalized spacial score (nSPS) is 12.6. The number of thiazole rings is 1. The fourth-order valence-electron chi connectivity index (χ4n) is 1.96. The van der Waals surface area contributed by atoms with Crippen molar-refractivity contribution in [2.24, 2.45) is 5.73 Å². The minimum absolute atomic E-state index is 0.353. The lowest BCUT2D eigenvalue weighted by Crippen LogP contribution is -2.09. The number of nitrogens with two attached hydrogens (primary N) is 1. The summed E-state index contributed by atoms with van der Waals surface area (Å²) in [5.74, 6) is 0.353. The van der Waals surface area contributed by atoms with Gasteiger partial charge in [-0.2, -0.15) is 0 Å². The Morgan fingerprint density at radius 1 is 1.38 bits per heavy atom. The summed E-state index contributed by atoms with van der Waals surface area (Å²) in [6.07, 6.45) is 2.82. The van der Waals surface area contributed by atoms with Crippen LogP contribution in [0.4, 0.5) is 0 Å². The number of hydrogen-bond donors (Lipinski definition) is 1. The van der Waals surface area contributed by atoms with Crippen LogP contribution < -0.4 is 5.73 Å². The molecule has 2 rings (SSSR count). The van der Waals surface area contributed by atoms with E-state index in [9.17, 15) is 0 Å². The zero-order valence-corrected chi connectivity index (χ0v) is 10.2. The van der Waals surface area contributed by atoms with E-state index >= 15 is 0 Å². The molecule has 2 N–H and O–H groups in total. The molecule has 1 heterocycles. The lowest BCUT2D eigenvalue weighted by Gasteiger charge is -2.16. The van der Waals surface area contributed by atoms with Gasteiger partial charge >= 0.3 is 0 Å². The van der Waals surface area contributed by atoms with Gasteiger partial charge in [-0.1, -0.05) is 24.3 Å². The van der Waals surface area contributed by atoms with Gasteiger partial charge in [0.1, 0.15) is 0 Å². The van der Waals surface area contributed by atoms with Gasteiger partial charge in [-0.15, -0.1) is 11.3 Å². The Balaban J connectivity index is 2.37. The van der Waals surface area contributed by atoms with Crippen LogP contribution in [0.5, 0.6) is 0 Å². The third-order valence-corrected chi connectivity index (χ3v) is 3.66. The summed E-state index contributed by atoms with van der Waals surface area (Å²) in [6, 6.07) is 8.48. The van der Waals surface area contributed by atoms with Crippen LogP contribution in [0.2, 0.25) is 0 Å². The third kappa shape index (κ3) is 2.31. The summed E-state index contributed by atoms with van der Waals surface area (Å²) < 4.78 is 0. The second-order valence-corrected chi connectivity index (χ2v) is 4.78. The second-order valence-electron chi connectivity index (χ2n) is 3.86. The van der Waals surface area contributed by atoms with Gasteiger partial charge in [0.05, 0.1) is 5.01 Å². The minimum atomic E-state index is 0.353.